The van der Waals surface area contributed by atoms with Crippen LogP contribution in [0.2, 0.25) is 0 Å². The number of aromatic nitrogens is 2. The van der Waals surface area contributed by atoms with Crippen LogP contribution < -0.4 is 4.90 Å². The van der Waals surface area contributed by atoms with Gasteiger partial charge in [0, 0.05) is 19.3 Å². The standard InChI is InChI=1S/C11H15N3O3/c1-8-12-4-3-9(13-8)14-6-11(2,7-14)17-5-10(15)16/h3-4H,5-7H2,1-2H3,(H,15,16). The van der Waals surface area contributed by atoms with E-state index >= 15 is 0 Å². The van der Waals surface area contributed by atoms with Gasteiger partial charge in [-0.1, -0.05) is 0 Å². The lowest BCUT2D eigenvalue weighted by atomic mass is 9.96. The number of ether oxygens (including phenoxy) is 1. The lowest BCUT2D eigenvalue weighted by molar-refractivity contribution is -0.150. The molecule has 2 rings (SSSR count). The minimum Gasteiger partial charge on any atom is -0.480 e. The van der Waals surface area contributed by atoms with Gasteiger partial charge in [0.15, 0.2) is 0 Å². The molecule has 6 nitrogen and oxygen atoms in total. The minimum absolute atomic E-state index is 0.257. The molecule has 0 unspecified atom stereocenters. The molecular formula is C11H15N3O3. The van der Waals surface area contributed by atoms with E-state index in [-0.39, 0.29) is 6.61 Å². The van der Waals surface area contributed by atoms with Crippen LogP contribution in [0.1, 0.15) is 12.7 Å². The van der Waals surface area contributed by atoms with Crippen LogP contribution in [0.15, 0.2) is 12.3 Å². The molecule has 0 radical (unpaired) electrons. The Morgan fingerprint density at radius 1 is 1.65 bits per heavy atom. The molecule has 17 heavy (non-hydrogen) atoms. The van der Waals surface area contributed by atoms with Gasteiger partial charge in [0.05, 0.1) is 0 Å². The summed E-state index contributed by atoms with van der Waals surface area (Å²) in [7, 11) is 0. The molecule has 1 aliphatic heterocycles. The third-order valence-corrected chi connectivity index (χ3v) is 2.68. The van der Waals surface area contributed by atoms with Crippen LogP contribution in [0.4, 0.5) is 5.82 Å². The molecule has 1 aliphatic rings. The fraction of sp³-hybridized carbons (Fsp3) is 0.545. The maximum atomic E-state index is 10.4. The Morgan fingerprint density at radius 3 is 2.94 bits per heavy atom. The highest BCUT2D eigenvalue weighted by atomic mass is 16.5. The van der Waals surface area contributed by atoms with Crippen molar-refractivity contribution in [2.45, 2.75) is 19.4 Å². The number of hydrogen-bond acceptors (Lipinski definition) is 5. The Bertz CT molecular complexity index is 430. The largest absolute Gasteiger partial charge is 0.480 e. The highest BCUT2D eigenvalue weighted by Crippen LogP contribution is 2.28. The fourth-order valence-electron chi connectivity index (χ4n) is 1.87. The van der Waals surface area contributed by atoms with E-state index in [1.54, 1.807) is 6.20 Å². The van der Waals surface area contributed by atoms with E-state index in [1.165, 1.54) is 0 Å². The summed E-state index contributed by atoms with van der Waals surface area (Å²) in [4.78, 5) is 20.8. The number of carboxylic acid groups (broad SMARTS) is 1. The minimum atomic E-state index is -0.942. The number of nitrogens with zero attached hydrogens (tertiary/aromatic N) is 3. The summed E-state index contributed by atoms with van der Waals surface area (Å²) >= 11 is 0. The predicted octanol–water partition coefficient (Wildman–Crippen LogP) is 0.465. The molecule has 0 saturated carbocycles. The summed E-state index contributed by atoms with van der Waals surface area (Å²) in [6, 6.07) is 1.84. The molecule has 0 bridgehead atoms. The maximum absolute atomic E-state index is 10.4. The van der Waals surface area contributed by atoms with Gasteiger partial charge in [0.25, 0.3) is 0 Å². The summed E-state index contributed by atoms with van der Waals surface area (Å²) in [6.45, 7) is 4.78. The van der Waals surface area contributed by atoms with Crippen molar-refractivity contribution < 1.29 is 14.6 Å². The van der Waals surface area contributed by atoms with Gasteiger partial charge in [-0.3, -0.25) is 0 Å². The van der Waals surface area contributed by atoms with Crippen LogP contribution in [-0.2, 0) is 9.53 Å². The first kappa shape index (κ1) is 11.8. The lowest BCUT2D eigenvalue weighted by Gasteiger charge is -2.47. The van der Waals surface area contributed by atoms with Gasteiger partial charge in [-0.25, -0.2) is 14.8 Å². The molecule has 0 aromatic carbocycles. The van der Waals surface area contributed by atoms with Crippen molar-refractivity contribution in [2.75, 3.05) is 24.6 Å². The average molecular weight is 237 g/mol. The Hall–Kier alpha value is -1.69. The van der Waals surface area contributed by atoms with Gasteiger partial charge in [-0.15, -0.1) is 0 Å². The van der Waals surface area contributed by atoms with Gasteiger partial charge in [0.2, 0.25) is 0 Å². The average Bonchev–Trinajstić information content (AvgIpc) is 2.22. The lowest BCUT2D eigenvalue weighted by Crippen LogP contribution is -2.62. The summed E-state index contributed by atoms with van der Waals surface area (Å²) < 4.78 is 5.32. The van der Waals surface area contributed by atoms with Crippen LogP contribution in [0.3, 0.4) is 0 Å². The summed E-state index contributed by atoms with van der Waals surface area (Å²) in [5, 5.41) is 8.56. The molecule has 0 atom stereocenters. The van der Waals surface area contributed by atoms with Crippen LogP contribution in [0.5, 0.6) is 0 Å². The van der Waals surface area contributed by atoms with Crippen molar-refractivity contribution in [3.8, 4) is 0 Å². The zero-order valence-corrected chi connectivity index (χ0v) is 9.88. The highest BCUT2D eigenvalue weighted by Gasteiger charge is 2.40. The Kier molecular flexibility index (Phi) is 2.97. The molecule has 6 heteroatoms. The first-order valence-corrected chi connectivity index (χ1v) is 5.39. The Balaban J connectivity index is 1.91. The van der Waals surface area contributed by atoms with E-state index in [2.05, 4.69) is 9.97 Å². The number of carbonyl (C=O) groups is 1. The molecular weight excluding hydrogens is 222 g/mol. The number of carboxylic acids is 1. The van der Waals surface area contributed by atoms with Crippen molar-refractivity contribution in [1.29, 1.82) is 0 Å². The van der Waals surface area contributed by atoms with E-state index in [9.17, 15) is 4.79 Å². The van der Waals surface area contributed by atoms with Gasteiger partial charge in [-0.2, -0.15) is 0 Å². The Labute approximate surface area is 99.2 Å². The predicted molar refractivity (Wildman–Crippen MR) is 61.0 cm³/mol. The smallest absolute Gasteiger partial charge is 0.329 e. The third kappa shape index (κ3) is 2.71. The van der Waals surface area contributed by atoms with Crippen molar-refractivity contribution >= 4 is 11.8 Å². The first-order chi connectivity index (χ1) is 7.98. The number of hydrogen-bond donors (Lipinski definition) is 1. The zero-order chi connectivity index (χ0) is 12.5. The zero-order valence-electron chi connectivity index (χ0n) is 9.88. The highest BCUT2D eigenvalue weighted by molar-refractivity contribution is 5.68. The van der Waals surface area contributed by atoms with Crippen LogP contribution in [0.25, 0.3) is 0 Å². The van der Waals surface area contributed by atoms with Gasteiger partial charge in [0.1, 0.15) is 23.9 Å². The second-order valence-electron chi connectivity index (χ2n) is 4.45. The third-order valence-electron chi connectivity index (χ3n) is 2.68. The number of aliphatic carboxylic acids is 1. The summed E-state index contributed by atoms with van der Waals surface area (Å²) in [6.07, 6.45) is 1.71. The molecule has 1 aromatic rings. The molecule has 1 aromatic heterocycles. The van der Waals surface area contributed by atoms with E-state index in [0.29, 0.717) is 13.1 Å². The molecule has 1 N–H and O–H groups in total. The van der Waals surface area contributed by atoms with Crippen molar-refractivity contribution in [3.05, 3.63) is 18.1 Å². The van der Waals surface area contributed by atoms with Crippen LogP contribution >= 0.6 is 0 Å². The van der Waals surface area contributed by atoms with Crippen molar-refractivity contribution in [1.82, 2.24) is 9.97 Å². The molecule has 92 valence electrons. The monoisotopic (exact) mass is 237 g/mol. The van der Waals surface area contributed by atoms with Crippen molar-refractivity contribution in [3.63, 3.8) is 0 Å². The molecule has 0 spiro atoms. The topological polar surface area (TPSA) is 75.6 Å². The Morgan fingerprint density at radius 2 is 2.35 bits per heavy atom. The maximum Gasteiger partial charge on any atom is 0.329 e. The second kappa shape index (κ2) is 4.29. The summed E-state index contributed by atoms with van der Waals surface area (Å²) in [5.74, 6) is 0.638. The second-order valence-corrected chi connectivity index (χ2v) is 4.45. The van der Waals surface area contributed by atoms with Crippen LogP contribution in [0, 0.1) is 6.92 Å². The van der Waals surface area contributed by atoms with E-state index in [0.717, 1.165) is 11.6 Å². The molecule has 1 fully saturated rings. The quantitative estimate of drug-likeness (QED) is 0.820. The first-order valence-electron chi connectivity index (χ1n) is 5.39. The van der Waals surface area contributed by atoms with E-state index in [4.69, 9.17) is 9.84 Å². The number of aryl methyl sites for hydroxylation is 1. The van der Waals surface area contributed by atoms with Gasteiger partial charge in [-0.05, 0) is 19.9 Å². The van der Waals surface area contributed by atoms with Gasteiger partial charge < -0.3 is 14.7 Å². The molecule has 1 saturated heterocycles. The summed E-state index contributed by atoms with van der Waals surface area (Å²) in [5.41, 5.74) is -0.392. The van der Waals surface area contributed by atoms with Gasteiger partial charge >= 0.3 is 5.97 Å². The van der Waals surface area contributed by atoms with E-state index < -0.39 is 11.6 Å². The molecule has 0 amide bonds. The van der Waals surface area contributed by atoms with E-state index in [1.807, 2.05) is 24.8 Å². The number of anilines is 1. The van der Waals surface area contributed by atoms with Crippen molar-refractivity contribution in [2.24, 2.45) is 0 Å². The SMILES string of the molecule is Cc1nccc(N2CC(C)(OCC(=O)O)C2)n1. The molecule has 0 aliphatic carbocycles. The normalized spacial score (nSPS) is 17.6. The molecule has 2 heterocycles. The number of rotatable bonds is 4. The van der Waals surface area contributed by atoms with Crippen LogP contribution in [-0.4, -0.2) is 46.3 Å². The fourth-order valence-corrected chi connectivity index (χ4v) is 1.87.